The Bertz CT molecular complexity index is 599. The molecule has 1 aromatic carbocycles. The molecule has 4 nitrogen and oxygen atoms in total. The van der Waals surface area contributed by atoms with Crippen LogP contribution >= 0.6 is 0 Å². The molecule has 2 aromatic rings. The van der Waals surface area contributed by atoms with E-state index >= 15 is 0 Å². The normalized spacial score (nSPS) is 16.6. The summed E-state index contributed by atoms with van der Waals surface area (Å²) in [4.78, 5) is 16.5. The van der Waals surface area contributed by atoms with Gasteiger partial charge in [0.15, 0.2) is 11.8 Å². The van der Waals surface area contributed by atoms with Crippen LogP contribution in [-0.4, -0.2) is 24.0 Å². The van der Waals surface area contributed by atoms with Gasteiger partial charge in [0.2, 0.25) is 5.78 Å². The molecule has 1 aromatic heterocycles. The molecule has 3 rings (SSSR count). The number of ether oxygens (including phenoxy) is 2. The highest BCUT2D eigenvalue weighted by molar-refractivity contribution is 6.00. The van der Waals surface area contributed by atoms with Gasteiger partial charge in [-0.15, -0.1) is 0 Å². The van der Waals surface area contributed by atoms with Gasteiger partial charge < -0.3 is 9.47 Å². The van der Waals surface area contributed by atoms with Crippen molar-refractivity contribution < 1.29 is 14.3 Å². The number of hydrogen-bond donors (Lipinski definition) is 0. The monoisotopic (exact) mass is 255 g/mol. The molecule has 0 N–H and O–H groups in total. The van der Waals surface area contributed by atoms with E-state index in [9.17, 15) is 4.79 Å². The van der Waals surface area contributed by atoms with E-state index in [0.29, 0.717) is 17.9 Å². The van der Waals surface area contributed by atoms with Crippen LogP contribution in [0.5, 0.6) is 11.5 Å². The van der Waals surface area contributed by atoms with Crippen LogP contribution in [-0.2, 0) is 6.42 Å². The number of para-hydroxylation sites is 1. The molecule has 19 heavy (non-hydrogen) atoms. The summed E-state index contributed by atoms with van der Waals surface area (Å²) in [5.74, 6) is 1.11. The Hall–Kier alpha value is -2.36. The fraction of sp³-hybridized carbons (Fsp3) is 0.200. The van der Waals surface area contributed by atoms with Crippen LogP contribution in [0.15, 0.2) is 42.6 Å². The molecule has 0 radical (unpaired) electrons. The SMILES string of the molecule is COc1cccnc1C(=O)C1Cc2ccccc2O1. The molecular formula is C15H13NO3. The lowest BCUT2D eigenvalue weighted by Crippen LogP contribution is -2.26. The van der Waals surface area contributed by atoms with Gasteiger partial charge in [0, 0.05) is 12.6 Å². The third-order valence-corrected chi connectivity index (χ3v) is 3.16. The van der Waals surface area contributed by atoms with Gasteiger partial charge in [-0.1, -0.05) is 18.2 Å². The number of benzene rings is 1. The maximum absolute atomic E-state index is 12.4. The summed E-state index contributed by atoms with van der Waals surface area (Å²) in [5.41, 5.74) is 1.37. The quantitative estimate of drug-likeness (QED) is 0.789. The molecule has 1 aliphatic rings. The van der Waals surface area contributed by atoms with E-state index in [1.54, 1.807) is 18.3 Å². The zero-order valence-corrected chi connectivity index (χ0v) is 10.5. The lowest BCUT2D eigenvalue weighted by atomic mass is 10.0. The average Bonchev–Trinajstić information content (AvgIpc) is 2.90. The van der Waals surface area contributed by atoms with Crippen molar-refractivity contribution in [1.29, 1.82) is 0 Å². The molecule has 0 saturated heterocycles. The molecule has 0 saturated carbocycles. The maximum Gasteiger partial charge on any atom is 0.225 e. The van der Waals surface area contributed by atoms with E-state index in [1.165, 1.54) is 7.11 Å². The highest BCUT2D eigenvalue weighted by Gasteiger charge is 2.31. The number of rotatable bonds is 3. The number of carbonyl (C=O) groups is 1. The highest BCUT2D eigenvalue weighted by atomic mass is 16.5. The van der Waals surface area contributed by atoms with Gasteiger partial charge in [-0.25, -0.2) is 4.98 Å². The molecule has 0 spiro atoms. The number of Topliss-reactive ketones (excluding diaryl/α,β-unsaturated/α-hetero) is 1. The van der Waals surface area contributed by atoms with E-state index < -0.39 is 6.10 Å². The van der Waals surface area contributed by atoms with Crippen LogP contribution in [0, 0.1) is 0 Å². The van der Waals surface area contributed by atoms with Crippen LogP contribution in [0.4, 0.5) is 0 Å². The van der Waals surface area contributed by atoms with Crippen molar-refractivity contribution in [3.63, 3.8) is 0 Å². The molecule has 1 atom stereocenters. The van der Waals surface area contributed by atoms with Crippen molar-refractivity contribution in [2.24, 2.45) is 0 Å². The van der Waals surface area contributed by atoms with Gasteiger partial charge in [0.25, 0.3) is 0 Å². The Morgan fingerprint density at radius 2 is 2.16 bits per heavy atom. The highest BCUT2D eigenvalue weighted by Crippen LogP contribution is 2.30. The minimum Gasteiger partial charge on any atom is -0.494 e. The fourth-order valence-electron chi connectivity index (χ4n) is 2.22. The Balaban J connectivity index is 1.87. The molecular weight excluding hydrogens is 242 g/mol. The first-order valence-electron chi connectivity index (χ1n) is 6.07. The van der Waals surface area contributed by atoms with Crippen LogP contribution in [0.2, 0.25) is 0 Å². The molecule has 0 aliphatic carbocycles. The summed E-state index contributed by atoms with van der Waals surface area (Å²) < 4.78 is 10.8. The third-order valence-electron chi connectivity index (χ3n) is 3.16. The van der Waals surface area contributed by atoms with Crippen molar-refractivity contribution >= 4 is 5.78 Å². The minimum atomic E-state index is -0.513. The second kappa shape index (κ2) is 4.72. The van der Waals surface area contributed by atoms with Crippen molar-refractivity contribution in [3.8, 4) is 11.5 Å². The summed E-state index contributed by atoms with van der Waals surface area (Å²) in [6, 6.07) is 11.1. The predicted molar refractivity (Wildman–Crippen MR) is 69.7 cm³/mol. The number of carbonyl (C=O) groups excluding carboxylic acids is 1. The molecule has 96 valence electrons. The number of pyridine rings is 1. The molecule has 2 heterocycles. The third kappa shape index (κ3) is 2.05. The topological polar surface area (TPSA) is 48.4 Å². The molecule has 0 bridgehead atoms. The Labute approximate surface area is 111 Å². The first-order valence-corrected chi connectivity index (χ1v) is 6.07. The van der Waals surface area contributed by atoms with Crippen molar-refractivity contribution in [1.82, 2.24) is 4.98 Å². The maximum atomic E-state index is 12.4. The Kier molecular flexibility index (Phi) is 2.91. The molecule has 4 heteroatoms. The number of methoxy groups -OCH3 is 1. The number of nitrogens with zero attached hydrogens (tertiary/aromatic N) is 1. The van der Waals surface area contributed by atoms with Gasteiger partial charge in [0.1, 0.15) is 11.5 Å². The number of aromatic nitrogens is 1. The van der Waals surface area contributed by atoms with Crippen LogP contribution in [0.3, 0.4) is 0 Å². The van der Waals surface area contributed by atoms with Crippen LogP contribution in [0.1, 0.15) is 16.1 Å². The summed E-state index contributed by atoms with van der Waals surface area (Å²) in [6.45, 7) is 0. The minimum absolute atomic E-state index is 0.145. The Morgan fingerprint density at radius 3 is 2.95 bits per heavy atom. The lowest BCUT2D eigenvalue weighted by molar-refractivity contribution is 0.0816. The van der Waals surface area contributed by atoms with E-state index in [2.05, 4.69) is 4.98 Å². The van der Waals surface area contributed by atoms with E-state index in [0.717, 1.165) is 11.3 Å². The summed E-state index contributed by atoms with van der Waals surface area (Å²) in [5, 5.41) is 0. The number of hydrogen-bond acceptors (Lipinski definition) is 4. The van der Waals surface area contributed by atoms with Gasteiger partial charge in [-0.2, -0.15) is 0 Å². The number of fused-ring (bicyclic) bond motifs is 1. The fourth-order valence-corrected chi connectivity index (χ4v) is 2.22. The van der Waals surface area contributed by atoms with Crippen molar-refractivity contribution in [3.05, 3.63) is 53.9 Å². The van der Waals surface area contributed by atoms with Crippen molar-refractivity contribution in [2.45, 2.75) is 12.5 Å². The lowest BCUT2D eigenvalue weighted by Gasteiger charge is -2.11. The first kappa shape index (κ1) is 11.7. The second-order valence-corrected chi connectivity index (χ2v) is 4.34. The molecule has 1 aliphatic heterocycles. The summed E-state index contributed by atoms with van der Waals surface area (Å²) >= 11 is 0. The number of ketones is 1. The molecule has 0 fully saturated rings. The van der Waals surface area contributed by atoms with E-state index in [4.69, 9.17) is 9.47 Å². The van der Waals surface area contributed by atoms with Gasteiger partial charge >= 0.3 is 0 Å². The zero-order valence-electron chi connectivity index (χ0n) is 10.5. The van der Waals surface area contributed by atoms with Gasteiger partial charge in [-0.05, 0) is 23.8 Å². The standard InChI is InChI=1S/C15H13NO3/c1-18-12-7-4-8-16-14(12)15(17)13-9-10-5-2-3-6-11(10)19-13/h2-8,13H,9H2,1H3. The largest absolute Gasteiger partial charge is 0.494 e. The smallest absolute Gasteiger partial charge is 0.225 e. The van der Waals surface area contributed by atoms with Crippen molar-refractivity contribution in [2.75, 3.05) is 7.11 Å². The zero-order chi connectivity index (χ0) is 13.2. The molecule has 0 amide bonds. The predicted octanol–water partition coefficient (Wildman–Crippen LogP) is 2.28. The second-order valence-electron chi connectivity index (χ2n) is 4.34. The van der Waals surface area contributed by atoms with Crippen LogP contribution in [0.25, 0.3) is 0 Å². The van der Waals surface area contributed by atoms with Crippen LogP contribution < -0.4 is 9.47 Å². The summed E-state index contributed by atoms with van der Waals surface area (Å²) in [7, 11) is 1.53. The average molecular weight is 255 g/mol. The van der Waals surface area contributed by atoms with E-state index in [1.807, 2.05) is 24.3 Å². The summed E-state index contributed by atoms with van der Waals surface area (Å²) in [6.07, 6.45) is 1.65. The Morgan fingerprint density at radius 1 is 1.32 bits per heavy atom. The van der Waals surface area contributed by atoms with Gasteiger partial charge in [-0.3, -0.25) is 4.79 Å². The van der Waals surface area contributed by atoms with Gasteiger partial charge in [0.05, 0.1) is 7.11 Å². The first-order chi connectivity index (χ1) is 9.29. The van der Waals surface area contributed by atoms with E-state index in [-0.39, 0.29) is 5.78 Å². The molecule has 1 unspecified atom stereocenters.